The molecule has 6 heteroatoms. The number of rotatable bonds is 10. The summed E-state index contributed by atoms with van der Waals surface area (Å²) >= 11 is 5.74. The first-order chi connectivity index (χ1) is 13.9. The summed E-state index contributed by atoms with van der Waals surface area (Å²) in [5.41, 5.74) is 3.36. The van der Waals surface area contributed by atoms with E-state index in [1.54, 1.807) is 7.11 Å². The highest BCUT2D eigenvalue weighted by Crippen LogP contribution is 2.28. The zero-order valence-corrected chi connectivity index (χ0v) is 19.0. The number of nitrogens with one attached hydrogen (secondary N) is 1. The highest BCUT2D eigenvalue weighted by molar-refractivity contribution is 7.80. The van der Waals surface area contributed by atoms with Gasteiger partial charge in [0.15, 0.2) is 16.6 Å². The van der Waals surface area contributed by atoms with Gasteiger partial charge in [0.1, 0.15) is 0 Å². The maximum absolute atomic E-state index is 5.74. The number of aryl methyl sites for hydroxylation is 1. The lowest BCUT2D eigenvalue weighted by Gasteiger charge is -2.27. The summed E-state index contributed by atoms with van der Waals surface area (Å²) in [6.45, 7) is 7.23. The van der Waals surface area contributed by atoms with Crippen LogP contribution >= 0.6 is 12.2 Å². The molecule has 0 unspecified atom stereocenters. The van der Waals surface area contributed by atoms with E-state index in [0.29, 0.717) is 13.2 Å². The van der Waals surface area contributed by atoms with Crippen molar-refractivity contribution in [1.82, 2.24) is 9.80 Å². The molecule has 0 saturated heterocycles. The Kier molecular flexibility index (Phi) is 9.22. The van der Waals surface area contributed by atoms with E-state index in [1.807, 2.05) is 19.1 Å². The molecule has 158 valence electrons. The molecule has 0 spiro atoms. The van der Waals surface area contributed by atoms with E-state index < -0.39 is 0 Å². The molecule has 0 heterocycles. The standard InChI is InChI=1S/C23H33N3O2S/c1-6-28-21-13-10-19(16-22(21)27-5)17-26(15-7-14-25(3)4)23(29)24-20-11-8-18(2)9-12-20/h8-13,16H,6-7,14-15,17H2,1-5H3,(H,24,29). The van der Waals surface area contributed by atoms with Crippen molar-refractivity contribution in [1.29, 1.82) is 0 Å². The summed E-state index contributed by atoms with van der Waals surface area (Å²) in [6, 6.07) is 14.3. The maximum Gasteiger partial charge on any atom is 0.173 e. The highest BCUT2D eigenvalue weighted by atomic mass is 32.1. The Hall–Kier alpha value is -2.31. The molecule has 2 aromatic carbocycles. The number of thiocarbonyl (C=S) groups is 1. The number of benzene rings is 2. The predicted octanol–water partition coefficient (Wildman–Crippen LogP) is 4.55. The molecule has 0 atom stereocenters. The van der Waals surface area contributed by atoms with Crippen molar-refractivity contribution in [3.8, 4) is 11.5 Å². The summed E-state index contributed by atoms with van der Waals surface area (Å²) in [5, 5.41) is 4.10. The Morgan fingerprint density at radius 3 is 2.38 bits per heavy atom. The number of anilines is 1. The van der Waals surface area contributed by atoms with E-state index in [2.05, 4.69) is 66.5 Å². The Morgan fingerprint density at radius 1 is 1.03 bits per heavy atom. The minimum Gasteiger partial charge on any atom is -0.493 e. The minimum atomic E-state index is 0.608. The first kappa shape index (κ1) is 23.0. The molecule has 0 bridgehead atoms. The highest BCUT2D eigenvalue weighted by Gasteiger charge is 2.13. The molecule has 0 aromatic heterocycles. The van der Waals surface area contributed by atoms with Gasteiger partial charge < -0.3 is 24.6 Å². The minimum absolute atomic E-state index is 0.608. The number of nitrogens with zero attached hydrogens (tertiary/aromatic N) is 2. The van der Waals surface area contributed by atoms with Gasteiger partial charge in [-0.2, -0.15) is 0 Å². The third kappa shape index (κ3) is 7.55. The topological polar surface area (TPSA) is 37.0 Å². The van der Waals surface area contributed by atoms with Gasteiger partial charge in [0.05, 0.1) is 13.7 Å². The van der Waals surface area contributed by atoms with Crippen molar-refractivity contribution in [2.75, 3.05) is 46.2 Å². The maximum atomic E-state index is 5.74. The van der Waals surface area contributed by atoms with Gasteiger partial charge in [0, 0.05) is 18.8 Å². The van der Waals surface area contributed by atoms with Crippen LogP contribution in [0.5, 0.6) is 11.5 Å². The van der Waals surface area contributed by atoms with Crippen molar-refractivity contribution < 1.29 is 9.47 Å². The van der Waals surface area contributed by atoms with Crippen LogP contribution in [0.4, 0.5) is 5.69 Å². The third-order valence-electron chi connectivity index (χ3n) is 4.52. The van der Waals surface area contributed by atoms with E-state index in [1.165, 1.54) is 5.56 Å². The monoisotopic (exact) mass is 415 g/mol. The second-order valence-electron chi connectivity index (χ2n) is 7.29. The first-order valence-corrected chi connectivity index (χ1v) is 10.4. The third-order valence-corrected chi connectivity index (χ3v) is 4.88. The Labute approximate surface area is 180 Å². The Bertz CT molecular complexity index is 778. The second-order valence-corrected chi connectivity index (χ2v) is 7.68. The van der Waals surface area contributed by atoms with Crippen molar-refractivity contribution in [2.45, 2.75) is 26.8 Å². The van der Waals surface area contributed by atoms with Crippen LogP contribution in [0.2, 0.25) is 0 Å². The predicted molar refractivity (Wildman–Crippen MR) is 125 cm³/mol. The molecule has 0 aliphatic carbocycles. The number of ether oxygens (including phenoxy) is 2. The average Bonchev–Trinajstić information content (AvgIpc) is 2.69. The summed E-state index contributed by atoms with van der Waals surface area (Å²) in [5.74, 6) is 1.51. The van der Waals surface area contributed by atoms with E-state index >= 15 is 0 Å². The first-order valence-electron chi connectivity index (χ1n) is 10.00. The fourth-order valence-corrected chi connectivity index (χ4v) is 3.25. The van der Waals surface area contributed by atoms with Crippen LogP contribution in [-0.4, -0.2) is 55.8 Å². The van der Waals surface area contributed by atoms with Gasteiger partial charge in [-0.1, -0.05) is 23.8 Å². The zero-order chi connectivity index (χ0) is 21.2. The summed E-state index contributed by atoms with van der Waals surface area (Å²) in [7, 11) is 5.84. The lowest BCUT2D eigenvalue weighted by molar-refractivity contribution is 0.309. The van der Waals surface area contributed by atoms with Crippen LogP contribution in [-0.2, 0) is 6.54 Å². The molecule has 2 aromatic rings. The van der Waals surface area contributed by atoms with Crippen LogP contribution < -0.4 is 14.8 Å². The molecule has 0 aliphatic rings. The summed E-state index contributed by atoms with van der Waals surface area (Å²) < 4.78 is 11.1. The Morgan fingerprint density at radius 2 is 1.76 bits per heavy atom. The Balaban J connectivity index is 2.14. The molecule has 0 radical (unpaired) electrons. The van der Waals surface area contributed by atoms with Crippen molar-refractivity contribution in [2.24, 2.45) is 0 Å². The molecular weight excluding hydrogens is 382 g/mol. The molecule has 0 fully saturated rings. The van der Waals surface area contributed by atoms with E-state index in [-0.39, 0.29) is 0 Å². The lowest BCUT2D eigenvalue weighted by atomic mass is 10.2. The van der Waals surface area contributed by atoms with Crippen LogP contribution in [0.25, 0.3) is 0 Å². The number of methoxy groups -OCH3 is 1. The molecule has 0 saturated carbocycles. The largest absolute Gasteiger partial charge is 0.493 e. The number of hydrogen-bond donors (Lipinski definition) is 1. The van der Waals surface area contributed by atoms with E-state index in [4.69, 9.17) is 21.7 Å². The molecule has 29 heavy (non-hydrogen) atoms. The SMILES string of the molecule is CCOc1ccc(CN(CCCN(C)C)C(=S)Nc2ccc(C)cc2)cc1OC. The van der Waals surface area contributed by atoms with Gasteiger partial charge in [0.25, 0.3) is 0 Å². The smallest absolute Gasteiger partial charge is 0.173 e. The summed E-state index contributed by atoms with van der Waals surface area (Å²) in [6.07, 6.45) is 1.02. The molecule has 5 nitrogen and oxygen atoms in total. The van der Waals surface area contributed by atoms with E-state index in [9.17, 15) is 0 Å². The quantitative estimate of drug-likeness (QED) is 0.574. The van der Waals surface area contributed by atoms with Gasteiger partial charge in [-0.3, -0.25) is 0 Å². The van der Waals surface area contributed by atoms with Crippen LogP contribution in [0.15, 0.2) is 42.5 Å². The normalized spacial score (nSPS) is 10.7. The van der Waals surface area contributed by atoms with Gasteiger partial charge in [0.2, 0.25) is 0 Å². The lowest BCUT2D eigenvalue weighted by Crippen LogP contribution is -2.36. The van der Waals surface area contributed by atoms with Crippen molar-refractivity contribution in [3.63, 3.8) is 0 Å². The molecule has 0 aliphatic heterocycles. The summed E-state index contributed by atoms with van der Waals surface area (Å²) in [4.78, 5) is 4.39. The van der Waals surface area contributed by atoms with Gasteiger partial charge in [-0.15, -0.1) is 0 Å². The number of hydrogen-bond acceptors (Lipinski definition) is 4. The van der Waals surface area contributed by atoms with Crippen LogP contribution in [0.3, 0.4) is 0 Å². The van der Waals surface area contributed by atoms with Gasteiger partial charge in [-0.05, 0) is 83.0 Å². The molecule has 1 N–H and O–H groups in total. The second kappa shape index (κ2) is 11.6. The molecule has 2 rings (SSSR count). The van der Waals surface area contributed by atoms with Crippen LogP contribution in [0, 0.1) is 6.92 Å². The van der Waals surface area contributed by atoms with Crippen molar-refractivity contribution in [3.05, 3.63) is 53.6 Å². The van der Waals surface area contributed by atoms with Gasteiger partial charge in [-0.25, -0.2) is 0 Å². The van der Waals surface area contributed by atoms with E-state index in [0.717, 1.165) is 47.4 Å². The fraction of sp³-hybridized carbons (Fsp3) is 0.435. The van der Waals surface area contributed by atoms with Gasteiger partial charge >= 0.3 is 0 Å². The molecular formula is C23H33N3O2S. The molecule has 0 amide bonds. The van der Waals surface area contributed by atoms with Crippen LogP contribution in [0.1, 0.15) is 24.5 Å². The zero-order valence-electron chi connectivity index (χ0n) is 18.2. The van der Waals surface area contributed by atoms with Crippen molar-refractivity contribution >= 4 is 23.0 Å². The average molecular weight is 416 g/mol. The fourth-order valence-electron chi connectivity index (χ4n) is 2.98.